The van der Waals surface area contributed by atoms with Gasteiger partial charge in [0.15, 0.2) is 11.5 Å². The van der Waals surface area contributed by atoms with E-state index < -0.39 is 14.3 Å². The van der Waals surface area contributed by atoms with Crippen molar-refractivity contribution < 1.29 is 22.7 Å². The molecule has 1 saturated heterocycles. The fraction of sp³-hybridized carbons (Fsp3) is 0.462. The molecule has 116 valence electrons. The lowest BCUT2D eigenvalue weighted by molar-refractivity contribution is -0.128. The quantitative estimate of drug-likeness (QED) is 0.761. The third-order valence-electron chi connectivity index (χ3n) is 3.40. The van der Waals surface area contributed by atoms with Crippen molar-refractivity contribution in [3.05, 3.63) is 23.8 Å². The summed E-state index contributed by atoms with van der Waals surface area (Å²) in [6, 6.07) is 5.30. The number of halogens is 1. The van der Waals surface area contributed by atoms with Crippen LogP contribution in [-0.4, -0.2) is 45.2 Å². The molecule has 21 heavy (non-hydrogen) atoms. The highest BCUT2D eigenvalue weighted by Gasteiger charge is 2.37. The van der Waals surface area contributed by atoms with Crippen LogP contribution >= 0.6 is 10.7 Å². The second-order valence-corrected chi connectivity index (χ2v) is 7.67. The molecule has 0 aliphatic carbocycles. The van der Waals surface area contributed by atoms with Crippen LogP contribution in [0.5, 0.6) is 11.5 Å². The number of carbonyl (C=O) groups excluding carboxylic acids is 1. The Morgan fingerprint density at radius 1 is 1.29 bits per heavy atom. The highest BCUT2D eigenvalue weighted by Crippen LogP contribution is 2.29. The maximum Gasteiger partial charge on any atom is 0.237 e. The number of carbonyl (C=O) groups is 1. The van der Waals surface area contributed by atoms with E-state index in [1.807, 2.05) is 0 Å². The van der Waals surface area contributed by atoms with Gasteiger partial charge in [0.2, 0.25) is 15.0 Å². The van der Waals surface area contributed by atoms with Crippen LogP contribution in [0.1, 0.15) is 12.0 Å². The van der Waals surface area contributed by atoms with Gasteiger partial charge in [-0.25, -0.2) is 8.42 Å². The van der Waals surface area contributed by atoms with E-state index in [2.05, 4.69) is 0 Å². The van der Waals surface area contributed by atoms with Crippen LogP contribution in [0.3, 0.4) is 0 Å². The van der Waals surface area contributed by atoms with Gasteiger partial charge < -0.3 is 14.4 Å². The molecule has 0 N–H and O–H groups in total. The first kappa shape index (κ1) is 15.9. The lowest BCUT2D eigenvalue weighted by Crippen LogP contribution is -2.26. The van der Waals surface area contributed by atoms with Crippen molar-refractivity contribution in [2.45, 2.75) is 18.2 Å². The fourth-order valence-corrected chi connectivity index (χ4v) is 3.33. The maximum absolute atomic E-state index is 11.9. The Hall–Kier alpha value is -1.47. The van der Waals surface area contributed by atoms with Crippen molar-refractivity contribution in [2.24, 2.45) is 0 Å². The van der Waals surface area contributed by atoms with E-state index in [9.17, 15) is 13.2 Å². The molecule has 0 aromatic heterocycles. The van der Waals surface area contributed by atoms with Gasteiger partial charge in [-0.2, -0.15) is 0 Å². The molecule has 1 aliphatic rings. The number of methoxy groups -OCH3 is 2. The highest BCUT2D eigenvalue weighted by molar-refractivity contribution is 8.14. The molecular weight excluding hydrogens is 318 g/mol. The molecule has 1 aromatic rings. The van der Waals surface area contributed by atoms with Crippen molar-refractivity contribution in [1.29, 1.82) is 0 Å². The summed E-state index contributed by atoms with van der Waals surface area (Å²) in [6.07, 6.45) is -0.0703. The summed E-state index contributed by atoms with van der Waals surface area (Å²) in [7, 11) is 4.66. The summed E-state index contributed by atoms with van der Waals surface area (Å²) in [5.74, 6) is 0.928. The van der Waals surface area contributed by atoms with Gasteiger partial charge in [-0.3, -0.25) is 4.79 Å². The number of nitrogens with zero attached hydrogens (tertiary/aromatic N) is 1. The topological polar surface area (TPSA) is 72.9 Å². The predicted octanol–water partition coefficient (Wildman–Crippen LogP) is 1.37. The number of likely N-dealkylation sites (tertiary alicyclic amines) is 1. The molecule has 1 amide bonds. The van der Waals surface area contributed by atoms with Crippen LogP contribution in [0.2, 0.25) is 0 Å². The monoisotopic (exact) mass is 333 g/mol. The van der Waals surface area contributed by atoms with E-state index in [0.29, 0.717) is 18.0 Å². The molecule has 0 radical (unpaired) electrons. The second kappa shape index (κ2) is 6.11. The van der Waals surface area contributed by atoms with E-state index >= 15 is 0 Å². The largest absolute Gasteiger partial charge is 0.493 e. The van der Waals surface area contributed by atoms with Crippen LogP contribution in [0, 0.1) is 0 Å². The van der Waals surface area contributed by atoms with Crippen LogP contribution in [-0.2, 0) is 20.4 Å². The van der Waals surface area contributed by atoms with Crippen molar-refractivity contribution in [1.82, 2.24) is 4.90 Å². The van der Waals surface area contributed by atoms with Crippen LogP contribution in [0.4, 0.5) is 0 Å². The number of rotatable bonds is 5. The normalized spacial score (nSPS) is 18.9. The number of hydrogen-bond acceptors (Lipinski definition) is 5. The average molecular weight is 334 g/mol. The lowest BCUT2D eigenvalue weighted by atomic mass is 10.2. The van der Waals surface area contributed by atoms with Crippen LogP contribution in [0.15, 0.2) is 18.2 Å². The smallest absolute Gasteiger partial charge is 0.237 e. The predicted molar refractivity (Wildman–Crippen MR) is 78.1 cm³/mol. The number of ether oxygens (including phenoxy) is 2. The Bertz CT molecular complexity index is 646. The molecule has 1 aromatic carbocycles. The minimum absolute atomic E-state index is 0.0703. The van der Waals surface area contributed by atoms with Crippen molar-refractivity contribution in [3.8, 4) is 11.5 Å². The van der Waals surface area contributed by atoms with Crippen LogP contribution < -0.4 is 9.47 Å². The van der Waals surface area contributed by atoms with E-state index in [1.165, 1.54) is 19.1 Å². The van der Waals surface area contributed by atoms with Gasteiger partial charge in [0, 0.05) is 30.2 Å². The minimum Gasteiger partial charge on any atom is -0.493 e. The molecule has 1 heterocycles. The zero-order valence-corrected chi connectivity index (χ0v) is 13.3. The first-order chi connectivity index (χ1) is 9.85. The van der Waals surface area contributed by atoms with Gasteiger partial charge in [-0.15, -0.1) is 0 Å². The maximum atomic E-state index is 11.9. The molecule has 1 unspecified atom stereocenters. The summed E-state index contributed by atoms with van der Waals surface area (Å²) < 4.78 is 33.0. The van der Waals surface area contributed by atoms with Gasteiger partial charge in [-0.1, -0.05) is 6.07 Å². The molecule has 8 heteroatoms. The molecule has 1 aliphatic heterocycles. The molecule has 0 bridgehead atoms. The first-order valence-corrected chi connectivity index (χ1v) is 8.64. The van der Waals surface area contributed by atoms with Gasteiger partial charge >= 0.3 is 0 Å². The Morgan fingerprint density at radius 3 is 2.48 bits per heavy atom. The average Bonchev–Trinajstić information content (AvgIpc) is 2.80. The van der Waals surface area contributed by atoms with Gasteiger partial charge in [0.1, 0.15) is 5.25 Å². The summed E-state index contributed by atoms with van der Waals surface area (Å²) in [5.41, 5.74) is 0.827. The molecule has 0 saturated carbocycles. The number of hydrogen-bond donors (Lipinski definition) is 0. The Labute approximate surface area is 128 Å². The second-order valence-electron chi connectivity index (χ2n) is 4.77. The standard InChI is InChI=1S/C13H16ClNO5S/c1-19-11-4-3-9(5-12(11)20-2)7-15-8-10(6-13(15)16)21(14,17)18/h3-5,10H,6-8H2,1-2H3. The van der Waals surface area contributed by atoms with E-state index in [4.69, 9.17) is 20.2 Å². The SMILES string of the molecule is COc1ccc(CN2CC(S(=O)(=O)Cl)CC2=O)cc1OC. The molecule has 1 fully saturated rings. The van der Waals surface area contributed by atoms with Crippen molar-refractivity contribution in [2.75, 3.05) is 20.8 Å². The Kier molecular flexibility index (Phi) is 4.63. The van der Waals surface area contributed by atoms with E-state index in [1.54, 1.807) is 18.2 Å². The van der Waals surface area contributed by atoms with Gasteiger partial charge in [0.25, 0.3) is 0 Å². The molecule has 0 spiro atoms. The van der Waals surface area contributed by atoms with Crippen LogP contribution in [0.25, 0.3) is 0 Å². The fourth-order valence-electron chi connectivity index (χ4n) is 2.28. The van der Waals surface area contributed by atoms with Gasteiger partial charge in [0.05, 0.1) is 14.2 Å². The molecule has 6 nitrogen and oxygen atoms in total. The first-order valence-electron chi connectivity index (χ1n) is 6.27. The van der Waals surface area contributed by atoms with Crippen molar-refractivity contribution >= 4 is 25.6 Å². The van der Waals surface area contributed by atoms with E-state index in [-0.39, 0.29) is 18.9 Å². The summed E-state index contributed by atoms with van der Waals surface area (Å²) in [4.78, 5) is 13.3. The van der Waals surface area contributed by atoms with E-state index in [0.717, 1.165) is 5.56 Å². The van der Waals surface area contributed by atoms with Crippen molar-refractivity contribution in [3.63, 3.8) is 0 Å². The number of amides is 1. The highest BCUT2D eigenvalue weighted by atomic mass is 35.7. The zero-order valence-electron chi connectivity index (χ0n) is 11.7. The third-order valence-corrected chi connectivity index (χ3v) is 5.27. The Morgan fingerprint density at radius 2 is 1.95 bits per heavy atom. The lowest BCUT2D eigenvalue weighted by Gasteiger charge is -2.17. The molecular formula is C13H16ClNO5S. The Balaban J connectivity index is 2.14. The zero-order chi connectivity index (χ0) is 15.6. The summed E-state index contributed by atoms with van der Waals surface area (Å²) >= 11 is 0. The number of benzene rings is 1. The third kappa shape index (κ3) is 3.59. The summed E-state index contributed by atoms with van der Waals surface area (Å²) in [6.45, 7) is 0.418. The minimum atomic E-state index is -3.72. The molecule has 2 rings (SSSR count). The molecule has 1 atom stereocenters. The van der Waals surface area contributed by atoms with Gasteiger partial charge in [-0.05, 0) is 17.7 Å². The summed E-state index contributed by atoms with van der Waals surface area (Å²) in [5, 5.41) is -0.841.